The summed E-state index contributed by atoms with van der Waals surface area (Å²) in [5.74, 6) is 0.840. The van der Waals surface area contributed by atoms with Gasteiger partial charge in [0, 0.05) is 23.0 Å². The molecule has 0 saturated carbocycles. The fourth-order valence-corrected chi connectivity index (χ4v) is 1.79. The summed E-state index contributed by atoms with van der Waals surface area (Å²) in [6.07, 6.45) is 1.35. The van der Waals surface area contributed by atoms with Gasteiger partial charge in [-0.2, -0.15) is 0 Å². The standard InChI is InChI=1S/C14H20ClNO2/c1-4-10(2)16-9-13(17)8-11-7-12(15)5-6-14(11)18-3/h5-7,10,16H,4,8-9H2,1-3H3. The molecule has 1 atom stereocenters. The highest BCUT2D eigenvalue weighted by molar-refractivity contribution is 6.30. The predicted octanol–water partition coefficient (Wildman–Crippen LogP) is 2.85. The smallest absolute Gasteiger partial charge is 0.151 e. The molecule has 0 aliphatic heterocycles. The molecule has 0 saturated heterocycles. The molecule has 0 spiro atoms. The van der Waals surface area contributed by atoms with E-state index in [0.29, 0.717) is 29.8 Å². The second kappa shape index (κ2) is 7.39. The van der Waals surface area contributed by atoms with E-state index in [1.54, 1.807) is 25.3 Å². The summed E-state index contributed by atoms with van der Waals surface area (Å²) >= 11 is 5.92. The molecule has 3 nitrogen and oxygen atoms in total. The van der Waals surface area contributed by atoms with Gasteiger partial charge in [-0.1, -0.05) is 18.5 Å². The number of benzene rings is 1. The van der Waals surface area contributed by atoms with Gasteiger partial charge in [0.05, 0.1) is 13.7 Å². The fourth-order valence-electron chi connectivity index (χ4n) is 1.59. The molecule has 4 heteroatoms. The summed E-state index contributed by atoms with van der Waals surface area (Å²) in [5, 5.41) is 3.80. The Morgan fingerprint density at radius 1 is 1.50 bits per heavy atom. The van der Waals surface area contributed by atoms with Gasteiger partial charge in [-0.15, -0.1) is 0 Å². The normalized spacial score (nSPS) is 12.2. The van der Waals surface area contributed by atoms with Crippen LogP contribution in [-0.2, 0) is 11.2 Å². The predicted molar refractivity (Wildman–Crippen MR) is 74.5 cm³/mol. The third-order valence-electron chi connectivity index (χ3n) is 2.89. The number of nitrogens with one attached hydrogen (secondary N) is 1. The Bertz CT molecular complexity index is 407. The van der Waals surface area contributed by atoms with E-state index in [1.165, 1.54) is 0 Å². The van der Waals surface area contributed by atoms with Crippen LogP contribution in [0.15, 0.2) is 18.2 Å². The first kappa shape index (κ1) is 15.0. The first-order valence-electron chi connectivity index (χ1n) is 6.14. The van der Waals surface area contributed by atoms with Crippen molar-refractivity contribution in [3.63, 3.8) is 0 Å². The van der Waals surface area contributed by atoms with Crippen LogP contribution in [0.25, 0.3) is 0 Å². The third-order valence-corrected chi connectivity index (χ3v) is 3.13. The third kappa shape index (κ3) is 4.67. The first-order chi connectivity index (χ1) is 8.56. The molecule has 0 heterocycles. The van der Waals surface area contributed by atoms with Crippen LogP contribution in [0.1, 0.15) is 25.8 Å². The van der Waals surface area contributed by atoms with Crippen molar-refractivity contribution in [1.29, 1.82) is 0 Å². The average molecular weight is 270 g/mol. The van der Waals surface area contributed by atoms with Crippen LogP contribution < -0.4 is 10.1 Å². The minimum atomic E-state index is 0.135. The van der Waals surface area contributed by atoms with Crippen LogP contribution in [0, 0.1) is 0 Å². The van der Waals surface area contributed by atoms with Crippen molar-refractivity contribution in [2.45, 2.75) is 32.7 Å². The Labute approximate surface area is 113 Å². The number of methoxy groups -OCH3 is 1. The van der Waals surface area contributed by atoms with Gasteiger partial charge in [-0.25, -0.2) is 0 Å². The molecule has 18 heavy (non-hydrogen) atoms. The van der Waals surface area contributed by atoms with Crippen molar-refractivity contribution in [2.24, 2.45) is 0 Å². The Balaban J connectivity index is 2.61. The minimum absolute atomic E-state index is 0.135. The lowest BCUT2D eigenvalue weighted by Gasteiger charge is -2.11. The number of rotatable bonds is 7. The number of Topliss-reactive ketones (excluding diaryl/α,β-unsaturated/α-hetero) is 1. The highest BCUT2D eigenvalue weighted by Crippen LogP contribution is 2.23. The first-order valence-corrected chi connectivity index (χ1v) is 6.52. The number of hydrogen-bond donors (Lipinski definition) is 1. The Morgan fingerprint density at radius 3 is 2.83 bits per heavy atom. The maximum Gasteiger partial charge on any atom is 0.151 e. The van der Waals surface area contributed by atoms with E-state index in [-0.39, 0.29) is 5.78 Å². The van der Waals surface area contributed by atoms with Gasteiger partial charge in [0.1, 0.15) is 5.75 Å². The maximum atomic E-state index is 11.9. The van der Waals surface area contributed by atoms with Crippen LogP contribution >= 0.6 is 11.6 Å². The number of halogens is 1. The minimum Gasteiger partial charge on any atom is -0.496 e. The van der Waals surface area contributed by atoms with E-state index in [4.69, 9.17) is 16.3 Å². The summed E-state index contributed by atoms with van der Waals surface area (Å²) in [5.41, 5.74) is 0.834. The van der Waals surface area contributed by atoms with E-state index >= 15 is 0 Å². The summed E-state index contributed by atoms with van der Waals surface area (Å²) in [7, 11) is 1.59. The summed E-state index contributed by atoms with van der Waals surface area (Å²) in [4.78, 5) is 11.9. The molecule has 1 aromatic carbocycles. The van der Waals surface area contributed by atoms with Gasteiger partial charge in [0.15, 0.2) is 5.78 Å². The molecule has 1 rings (SSSR count). The molecule has 1 unspecified atom stereocenters. The monoisotopic (exact) mass is 269 g/mol. The molecular weight excluding hydrogens is 250 g/mol. The highest BCUT2D eigenvalue weighted by atomic mass is 35.5. The van der Waals surface area contributed by atoms with Crippen LogP contribution in [0.4, 0.5) is 0 Å². The van der Waals surface area contributed by atoms with Crippen molar-refractivity contribution >= 4 is 17.4 Å². The second-order valence-corrected chi connectivity index (χ2v) is 4.80. The maximum absolute atomic E-state index is 11.9. The van der Waals surface area contributed by atoms with Crippen molar-refractivity contribution in [1.82, 2.24) is 5.32 Å². The number of ether oxygens (including phenoxy) is 1. The lowest BCUT2D eigenvalue weighted by molar-refractivity contribution is -0.117. The van der Waals surface area contributed by atoms with Gasteiger partial charge in [0.25, 0.3) is 0 Å². The van der Waals surface area contributed by atoms with E-state index in [0.717, 1.165) is 12.0 Å². The second-order valence-electron chi connectivity index (χ2n) is 4.36. The molecule has 1 aromatic rings. The quantitative estimate of drug-likeness (QED) is 0.827. The Morgan fingerprint density at radius 2 is 2.22 bits per heavy atom. The highest BCUT2D eigenvalue weighted by Gasteiger charge is 2.10. The van der Waals surface area contributed by atoms with Gasteiger partial charge in [-0.05, 0) is 31.5 Å². The van der Waals surface area contributed by atoms with Crippen molar-refractivity contribution in [3.05, 3.63) is 28.8 Å². The molecule has 0 radical (unpaired) electrons. The van der Waals surface area contributed by atoms with E-state index in [9.17, 15) is 4.79 Å². The number of carbonyl (C=O) groups excluding carboxylic acids is 1. The van der Waals surface area contributed by atoms with Crippen molar-refractivity contribution in [2.75, 3.05) is 13.7 Å². The van der Waals surface area contributed by atoms with Crippen molar-refractivity contribution in [3.8, 4) is 5.75 Å². The summed E-state index contributed by atoms with van der Waals surface area (Å²) in [6.45, 7) is 4.53. The van der Waals surface area contributed by atoms with E-state index < -0.39 is 0 Å². The van der Waals surface area contributed by atoms with Crippen LogP contribution in [0.5, 0.6) is 5.75 Å². The SMILES string of the molecule is CCC(C)NCC(=O)Cc1cc(Cl)ccc1OC. The topological polar surface area (TPSA) is 38.3 Å². The zero-order valence-electron chi connectivity index (χ0n) is 11.1. The number of carbonyl (C=O) groups is 1. The van der Waals surface area contributed by atoms with Gasteiger partial charge < -0.3 is 10.1 Å². The molecule has 0 fully saturated rings. The fraction of sp³-hybridized carbons (Fsp3) is 0.500. The summed E-state index contributed by atoms with van der Waals surface area (Å²) < 4.78 is 5.22. The molecule has 0 bridgehead atoms. The van der Waals surface area contributed by atoms with Crippen molar-refractivity contribution < 1.29 is 9.53 Å². The van der Waals surface area contributed by atoms with Crippen LogP contribution in [0.3, 0.4) is 0 Å². The van der Waals surface area contributed by atoms with E-state index in [2.05, 4.69) is 19.2 Å². The molecule has 1 N–H and O–H groups in total. The molecule has 100 valence electrons. The lowest BCUT2D eigenvalue weighted by Crippen LogP contribution is -2.31. The average Bonchev–Trinajstić information content (AvgIpc) is 2.36. The molecular formula is C14H20ClNO2. The van der Waals surface area contributed by atoms with E-state index in [1.807, 2.05) is 0 Å². The Hall–Kier alpha value is -1.06. The molecule has 0 amide bonds. The van der Waals surface area contributed by atoms with Gasteiger partial charge >= 0.3 is 0 Å². The lowest BCUT2D eigenvalue weighted by atomic mass is 10.1. The molecule has 0 aliphatic rings. The zero-order valence-corrected chi connectivity index (χ0v) is 11.9. The summed E-state index contributed by atoms with van der Waals surface area (Å²) in [6, 6.07) is 5.68. The van der Waals surface area contributed by atoms with Crippen LogP contribution in [-0.4, -0.2) is 25.5 Å². The number of hydrogen-bond acceptors (Lipinski definition) is 3. The zero-order chi connectivity index (χ0) is 13.5. The number of ketones is 1. The van der Waals surface area contributed by atoms with Gasteiger partial charge in [-0.3, -0.25) is 4.79 Å². The molecule has 0 aromatic heterocycles. The Kier molecular flexibility index (Phi) is 6.16. The van der Waals surface area contributed by atoms with Crippen LogP contribution in [0.2, 0.25) is 5.02 Å². The molecule has 0 aliphatic carbocycles. The van der Waals surface area contributed by atoms with Gasteiger partial charge in [0.2, 0.25) is 0 Å². The largest absolute Gasteiger partial charge is 0.496 e.